The van der Waals surface area contributed by atoms with Crippen LogP contribution in [0.25, 0.3) is 11.4 Å². The van der Waals surface area contributed by atoms with Gasteiger partial charge in [-0.2, -0.15) is 14.4 Å². The van der Waals surface area contributed by atoms with Crippen molar-refractivity contribution in [2.24, 2.45) is 18.9 Å². The highest BCUT2D eigenvalue weighted by Gasteiger charge is 2.41. The number of fused-ring (bicyclic) bond motifs is 1. The van der Waals surface area contributed by atoms with Crippen LogP contribution < -0.4 is 9.80 Å². The number of rotatable bonds is 3. The van der Waals surface area contributed by atoms with E-state index in [4.69, 9.17) is 9.59 Å². The van der Waals surface area contributed by atoms with Crippen molar-refractivity contribution in [2.75, 3.05) is 36.0 Å². The van der Waals surface area contributed by atoms with Crippen molar-refractivity contribution in [1.29, 1.82) is 0 Å². The summed E-state index contributed by atoms with van der Waals surface area (Å²) in [7, 11) is 1.72. The number of hydrogen-bond acceptors (Lipinski definition) is 9. The summed E-state index contributed by atoms with van der Waals surface area (Å²) >= 11 is 3.54. The van der Waals surface area contributed by atoms with E-state index in [1.807, 2.05) is 0 Å². The van der Waals surface area contributed by atoms with Gasteiger partial charge in [0.25, 0.3) is 0 Å². The maximum Gasteiger partial charge on any atom is 0.373 e. The topological polar surface area (TPSA) is 110 Å². The zero-order valence-corrected chi connectivity index (χ0v) is 18.1. The lowest BCUT2D eigenvalue weighted by molar-refractivity contribution is -0.191. The van der Waals surface area contributed by atoms with Crippen molar-refractivity contribution in [3.05, 3.63) is 40.9 Å². The van der Waals surface area contributed by atoms with E-state index in [0.717, 1.165) is 47.9 Å². The lowest BCUT2D eigenvalue weighted by atomic mass is 10.0. The fraction of sp³-hybridized carbons (Fsp3) is 0.368. The van der Waals surface area contributed by atoms with Gasteiger partial charge in [0, 0.05) is 54.9 Å². The highest BCUT2D eigenvalue weighted by molar-refractivity contribution is 9.10. The lowest BCUT2D eigenvalue weighted by Crippen LogP contribution is -2.29. The second-order valence-corrected chi connectivity index (χ2v) is 8.24. The normalized spacial score (nSPS) is 19.6. The number of carbonyl (C=O) groups excluding carboxylic acids is 2. The second-order valence-electron chi connectivity index (χ2n) is 7.38. The van der Waals surface area contributed by atoms with E-state index in [9.17, 15) is 4.39 Å². The quantitative estimate of drug-likeness (QED) is 0.541. The van der Waals surface area contributed by atoms with Gasteiger partial charge in [0.15, 0.2) is 0 Å². The van der Waals surface area contributed by atoms with Crippen LogP contribution in [0.15, 0.2) is 35.1 Å². The molecule has 2 unspecified atom stereocenters. The molecular formula is C19H18BrFN8O2. The van der Waals surface area contributed by atoms with E-state index < -0.39 is 0 Å². The smallest absolute Gasteiger partial charge is 0.370 e. The summed E-state index contributed by atoms with van der Waals surface area (Å²) in [6.45, 7) is 3.61. The Kier molecular flexibility index (Phi) is 6.01. The highest BCUT2D eigenvalue weighted by atomic mass is 79.9. The number of halogens is 2. The minimum atomic E-state index is -0.206. The van der Waals surface area contributed by atoms with Crippen LogP contribution in [0.1, 0.15) is 0 Å². The van der Waals surface area contributed by atoms with Gasteiger partial charge in [0.05, 0.1) is 18.3 Å². The monoisotopic (exact) mass is 488 g/mol. The molecule has 0 saturated carbocycles. The lowest BCUT2D eigenvalue weighted by Gasteiger charge is -2.24. The first kappa shape index (κ1) is 21.0. The van der Waals surface area contributed by atoms with Crippen LogP contribution in [0.5, 0.6) is 0 Å². The van der Waals surface area contributed by atoms with Crippen LogP contribution in [-0.4, -0.2) is 62.5 Å². The Morgan fingerprint density at radius 3 is 2.26 bits per heavy atom. The predicted octanol–water partition coefficient (Wildman–Crippen LogP) is 1.56. The molecule has 0 spiro atoms. The molecule has 10 nitrogen and oxygen atoms in total. The third-order valence-electron chi connectivity index (χ3n) is 5.42. The van der Waals surface area contributed by atoms with E-state index >= 15 is 0 Å². The molecule has 0 radical (unpaired) electrons. The van der Waals surface area contributed by atoms with Crippen LogP contribution in [0, 0.1) is 17.7 Å². The molecule has 4 heterocycles. The van der Waals surface area contributed by atoms with Crippen molar-refractivity contribution < 1.29 is 14.0 Å². The summed E-state index contributed by atoms with van der Waals surface area (Å²) < 4.78 is 14.6. The number of aromatic nitrogens is 6. The minimum absolute atomic E-state index is 0.206. The van der Waals surface area contributed by atoms with Gasteiger partial charge in [0.2, 0.25) is 11.8 Å². The van der Waals surface area contributed by atoms with Crippen LogP contribution in [0.2, 0.25) is 0 Å². The summed E-state index contributed by atoms with van der Waals surface area (Å²) in [5.41, 5.74) is 1.68. The Bertz CT molecular complexity index is 1090. The first-order valence-electron chi connectivity index (χ1n) is 9.49. The Morgan fingerprint density at radius 1 is 1.06 bits per heavy atom. The van der Waals surface area contributed by atoms with Crippen molar-refractivity contribution in [3.8, 4) is 11.4 Å². The Balaban J connectivity index is 0.000000730. The van der Waals surface area contributed by atoms with Crippen LogP contribution in [0.3, 0.4) is 0 Å². The molecule has 0 amide bonds. The molecule has 31 heavy (non-hydrogen) atoms. The van der Waals surface area contributed by atoms with Gasteiger partial charge >= 0.3 is 6.15 Å². The molecular weight excluding hydrogens is 471 g/mol. The summed E-state index contributed by atoms with van der Waals surface area (Å²) in [5.74, 6) is 2.06. The first-order valence-corrected chi connectivity index (χ1v) is 10.3. The Morgan fingerprint density at radius 2 is 1.68 bits per heavy atom. The van der Waals surface area contributed by atoms with Crippen LogP contribution in [0.4, 0.5) is 16.0 Å². The third-order valence-corrected chi connectivity index (χ3v) is 6.09. The molecule has 5 rings (SSSR count). The van der Waals surface area contributed by atoms with Crippen molar-refractivity contribution >= 4 is 33.7 Å². The molecule has 0 aliphatic carbocycles. The van der Waals surface area contributed by atoms with Gasteiger partial charge in [-0.25, -0.2) is 14.4 Å². The molecule has 1 aromatic carbocycles. The van der Waals surface area contributed by atoms with E-state index in [2.05, 4.69) is 51.1 Å². The summed E-state index contributed by atoms with van der Waals surface area (Å²) in [6.07, 6.45) is 3.73. The summed E-state index contributed by atoms with van der Waals surface area (Å²) in [5, 5.41) is 12.0. The Labute approximate surface area is 185 Å². The third kappa shape index (κ3) is 4.44. The molecule has 2 aliphatic heterocycles. The fourth-order valence-corrected chi connectivity index (χ4v) is 4.58. The number of tetrazole rings is 1. The van der Waals surface area contributed by atoms with Crippen molar-refractivity contribution in [3.63, 3.8) is 0 Å². The van der Waals surface area contributed by atoms with Gasteiger partial charge in [-0.1, -0.05) is 0 Å². The molecule has 12 heteroatoms. The van der Waals surface area contributed by atoms with Crippen molar-refractivity contribution in [1.82, 2.24) is 30.2 Å². The molecule has 2 atom stereocenters. The minimum Gasteiger partial charge on any atom is -0.370 e. The molecule has 0 N–H and O–H groups in total. The van der Waals surface area contributed by atoms with Gasteiger partial charge in [-0.15, -0.1) is 10.2 Å². The average Bonchev–Trinajstić information content (AvgIpc) is 3.45. The maximum atomic E-state index is 13.6. The number of hydrogen-bond donors (Lipinski definition) is 0. The molecule has 0 bridgehead atoms. The van der Waals surface area contributed by atoms with Gasteiger partial charge < -0.3 is 9.80 Å². The first-order chi connectivity index (χ1) is 15.0. The number of benzene rings is 1. The Hall–Kier alpha value is -3.24. The largest absolute Gasteiger partial charge is 0.373 e. The molecule has 2 aliphatic rings. The summed E-state index contributed by atoms with van der Waals surface area (Å²) in [6, 6.07) is 4.85. The SMILES string of the molecule is Cn1nnc(-c2cnc(N3CC4CN(c5cc(F)ccc5Br)CC4C3)nc2)n1.O=C=O. The molecule has 2 saturated heterocycles. The maximum absolute atomic E-state index is 13.6. The second kappa shape index (κ2) is 8.86. The predicted molar refractivity (Wildman–Crippen MR) is 110 cm³/mol. The number of aryl methyl sites for hydroxylation is 1. The summed E-state index contributed by atoms with van der Waals surface area (Å²) in [4.78, 5) is 31.2. The average molecular weight is 489 g/mol. The highest BCUT2D eigenvalue weighted by Crippen LogP contribution is 2.38. The van der Waals surface area contributed by atoms with E-state index in [-0.39, 0.29) is 12.0 Å². The van der Waals surface area contributed by atoms with Crippen molar-refractivity contribution in [2.45, 2.75) is 0 Å². The van der Waals surface area contributed by atoms with E-state index in [0.29, 0.717) is 17.7 Å². The van der Waals surface area contributed by atoms with Gasteiger partial charge in [-0.05, 0) is 39.3 Å². The van der Waals surface area contributed by atoms with Crippen LogP contribution in [-0.2, 0) is 16.6 Å². The fourth-order valence-electron chi connectivity index (χ4n) is 4.08. The molecule has 2 aromatic heterocycles. The zero-order valence-electron chi connectivity index (χ0n) is 16.5. The number of anilines is 2. The zero-order chi connectivity index (χ0) is 22.0. The number of nitrogens with zero attached hydrogens (tertiary/aromatic N) is 8. The van der Waals surface area contributed by atoms with Crippen LogP contribution >= 0.6 is 15.9 Å². The molecule has 3 aromatic rings. The molecule has 160 valence electrons. The van der Waals surface area contributed by atoms with E-state index in [1.54, 1.807) is 31.6 Å². The van der Waals surface area contributed by atoms with E-state index in [1.165, 1.54) is 10.9 Å². The molecule has 2 fully saturated rings. The standard InChI is InChI=1S/C18H18BrFN8.CO2/c1-26-24-17(23-25-26)11-5-21-18(22-6-11)28-9-12-7-27(8-13(12)10-28)16-4-14(20)2-3-15(16)19;2-1-3/h2-6,12-13H,7-10H2,1H3;. The van der Waals surface area contributed by atoms with Gasteiger partial charge in [0.1, 0.15) is 5.82 Å². The van der Waals surface area contributed by atoms with Gasteiger partial charge in [-0.3, -0.25) is 0 Å².